The smallest absolute Gasteiger partial charge is 0.246 e. The van der Waals surface area contributed by atoms with E-state index in [-0.39, 0.29) is 12.5 Å². The van der Waals surface area contributed by atoms with Crippen LogP contribution in [0.15, 0.2) is 36.5 Å². The second-order valence-corrected chi connectivity index (χ2v) is 7.09. The van der Waals surface area contributed by atoms with Crippen LogP contribution in [0.5, 0.6) is 0 Å². The van der Waals surface area contributed by atoms with E-state index < -0.39 is 0 Å². The Morgan fingerprint density at radius 3 is 3.00 bits per heavy atom. The highest BCUT2D eigenvalue weighted by molar-refractivity contribution is 5.80. The van der Waals surface area contributed by atoms with Crippen LogP contribution in [0.4, 0.5) is 0 Å². The van der Waals surface area contributed by atoms with Gasteiger partial charge in [-0.05, 0) is 35.2 Å². The molecule has 0 radical (unpaired) electrons. The molecule has 0 atom stereocenters. The summed E-state index contributed by atoms with van der Waals surface area (Å²) in [6.07, 6.45) is 2.10. The standard InChI is InChI=1S/C20H25N5O2/c1-23-6-5-16-9-15(3-4-19(16)23)12-24-7-8-25-18(13-24)10-17(22-25)11-21-20(26)14-27-2/h3-6,9-10H,7-8,11-14H2,1-2H3,(H,21,26). The highest BCUT2D eigenvalue weighted by atomic mass is 16.5. The van der Waals surface area contributed by atoms with Crippen LogP contribution in [-0.2, 0) is 42.8 Å². The van der Waals surface area contributed by atoms with Gasteiger partial charge in [0.1, 0.15) is 6.61 Å². The maximum absolute atomic E-state index is 11.5. The van der Waals surface area contributed by atoms with Gasteiger partial charge in [-0.2, -0.15) is 5.10 Å². The quantitative estimate of drug-likeness (QED) is 0.720. The normalized spacial score (nSPS) is 14.4. The summed E-state index contributed by atoms with van der Waals surface area (Å²) >= 11 is 0. The lowest BCUT2D eigenvalue weighted by Gasteiger charge is -2.27. The summed E-state index contributed by atoms with van der Waals surface area (Å²) in [5.74, 6) is -0.124. The van der Waals surface area contributed by atoms with Crippen LogP contribution in [-0.4, -0.2) is 45.4 Å². The number of nitrogens with zero attached hydrogens (tertiary/aromatic N) is 4. The molecule has 3 heterocycles. The van der Waals surface area contributed by atoms with Gasteiger partial charge in [-0.3, -0.25) is 14.4 Å². The molecule has 7 heteroatoms. The van der Waals surface area contributed by atoms with Crippen molar-refractivity contribution in [3.05, 3.63) is 53.5 Å². The third-order valence-corrected chi connectivity index (χ3v) is 5.03. The first-order valence-electron chi connectivity index (χ1n) is 9.20. The van der Waals surface area contributed by atoms with Crippen LogP contribution in [0.25, 0.3) is 10.9 Å². The summed E-state index contributed by atoms with van der Waals surface area (Å²) in [4.78, 5) is 14.0. The van der Waals surface area contributed by atoms with Crippen molar-refractivity contribution in [2.45, 2.75) is 26.2 Å². The molecule has 2 aromatic heterocycles. The highest BCUT2D eigenvalue weighted by Crippen LogP contribution is 2.20. The molecule has 142 valence electrons. The maximum atomic E-state index is 11.5. The monoisotopic (exact) mass is 367 g/mol. The Morgan fingerprint density at radius 1 is 1.26 bits per heavy atom. The lowest BCUT2D eigenvalue weighted by molar-refractivity contribution is -0.124. The van der Waals surface area contributed by atoms with E-state index in [9.17, 15) is 4.79 Å². The summed E-state index contributed by atoms with van der Waals surface area (Å²) in [5, 5.41) is 8.71. The van der Waals surface area contributed by atoms with Crippen molar-refractivity contribution in [1.29, 1.82) is 0 Å². The van der Waals surface area contributed by atoms with E-state index >= 15 is 0 Å². The van der Waals surface area contributed by atoms with E-state index in [2.05, 4.69) is 68.1 Å². The van der Waals surface area contributed by atoms with Crippen molar-refractivity contribution in [3.8, 4) is 0 Å². The molecule has 0 bridgehead atoms. The van der Waals surface area contributed by atoms with E-state index in [0.29, 0.717) is 6.54 Å². The zero-order chi connectivity index (χ0) is 18.8. The van der Waals surface area contributed by atoms with Gasteiger partial charge in [-0.25, -0.2) is 0 Å². The predicted octanol–water partition coefficient (Wildman–Crippen LogP) is 1.65. The number of carbonyl (C=O) groups is 1. The predicted molar refractivity (Wildman–Crippen MR) is 103 cm³/mol. The number of methoxy groups -OCH3 is 1. The first-order chi connectivity index (χ1) is 13.1. The molecule has 1 N–H and O–H groups in total. The molecule has 1 aliphatic rings. The van der Waals surface area contributed by atoms with Gasteiger partial charge in [0.15, 0.2) is 0 Å². The molecule has 3 aromatic rings. The molecule has 0 spiro atoms. The fourth-order valence-electron chi connectivity index (χ4n) is 3.66. The Hall–Kier alpha value is -2.64. The highest BCUT2D eigenvalue weighted by Gasteiger charge is 2.19. The van der Waals surface area contributed by atoms with Crippen LogP contribution in [0.2, 0.25) is 0 Å². The number of rotatable bonds is 6. The summed E-state index contributed by atoms with van der Waals surface area (Å²) < 4.78 is 9.02. The Morgan fingerprint density at radius 2 is 2.15 bits per heavy atom. The first kappa shape index (κ1) is 17.8. The van der Waals surface area contributed by atoms with Crippen LogP contribution in [0.3, 0.4) is 0 Å². The molecule has 0 saturated heterocycles. The van der Waals surface area contributed by atoms with Gasteiger partial charge in [0.05, 0.1) is 24.5 Å². The molecule has 4 rings (SSSR count). The Labute approximate surface area is 158 Å². The van der Waals surface area contributed by atoms with Gasteiger partial charge in [-0.15, -0.1) is 0 Å². The molecule has 1 aliphatic heterocycles. The summed E-state index contributed by atoms with van der Waals surface area (Å²) in [6, 6.07) is 10.9. The fourth-order valence-corrected chi connectivity index (χ4v) is 3.66. The molecule has 27 heavy (non-hydrogen) atoms. The zero-order valence-corrected chi connectivity index (χ0v) is 15.8. The van der Waals surface area contributed by atoms with Crippen LogP contribution < -0.4 is 5.32 Å². The number of benzene rings is 1. The first-order valence-corrected chi connectivity index (χ1v) is 9.20. The van der Waals surface area contributed by atoms with Crippen molar-refractivity contribution in [1.82, 2.24) is 24.6 Å². The van der Waals surface area contributed by atoms with E-state index in [0.717, 1.165) is 31.9 Å². The lowest BCUT2D eigenvalue weighted by atomic mass is 10.1. The maximum Gasteiger partial charge on any atom is 0.246 e. The van der Waals surface area contributed by atoms with Gasteiger partial charge < -0.3 is 14.6 Å². The topological polar surface area (TPSA) is 64.3 Å². The molecule has 7 nitrogen and oxygen atoms in total. The average Bonchev–Trinajstić information content (AvgIpc) is 3.23. The van der Waals surface area contributed by atoms with E-state index in [1.807, 2.05) is 0 Å². The fraction of sp³-hybridized carbons (Fsp3) is 0.400. The Kier molecular flexibility index (Phi) is 4.96. The van der Waals surface area contributed by atoms with E-state index in [4.69, 9.17) is 4.74 Å². The number of nitrogens with one attached hydrogen (secondary N) is 1. The largest absolute Gasteiger partial charge is 0.375 e. The minimum Gasteiger partial charge on any atom is -0.375 e. The van der Waals surface area contributed by atoms with Crippen LogP contribution in [0.1, 0.15) is 17.0 Å². The SMILES string of the molecule is COCC(=O)NCc1cc2n(n1)CCN(Cc1ccc3c(ccn3C)c1)C2. The van der Waals surface area contributed by atoms with Crippen LogP contribution >= 0.6 is 0 Å². The molecular weight excluding hydrogens is 342 g/mol. The third kappa shape index (κ3) is 3.89. The number of carbonyl (C=O) groups excluding carboxylic acids is 1. The van der Waals surface area contributed by atoms with Gasteiger partial charge in [-0.1, -0.05) is 6.07 Å². The van der Waals surface area contributed by atoms with Gasteiger partial charge in [0, 0.05) is 45.5 Å². The van der Waals surface area contributed by atoms with Crippen molar-refractivity contribution in [2.24, 2.45) is 7.05 Å². The number of fused-ring (bicyclic) bond motifs is 2. The third-order valence-electron chi connectivity index (χ3n) is 5.03. The lowest BCUT2D eigenvalue weighted by Crippen LogP contribution is -2.33. The molecule has 1 aromatic carbocycles. The Balaban J connectivity index is 1.39. The molecule has 1 amide bonds. The zero-order valence-electron chi connectivity index (χ0n) is 15.8. The molecular formula is C20H25N5O2. The van der Waals surface area contributed by atoms with E-state index in [1.165, 1.54) is 29.3 Å². The molecule has 0 fully saturated rings. The summed E-state index contributed by atoms with van der Waals surface area (Å²) in [5.41, 5.74) is 4.67. The molecule has 0 unspecified atom stereocenters. The minimum atomic E-state index is -0.124. The number of hydrogen-bond donors (Lipinski definition) is 1. The van der Waals surface area contributed by atoms with Crippen molar-refractivity contribution < 1.29 is 9.53 Å². The van der Waals surface area contributed by atoms with E-state index in [1.54, 1.807) is 0 Å². The minimum absolute atomic E-state index is 0.0765. The number of aromatic nitrogens is 3. The van der Waals surface area contributed by atoms with Gasteiger partial charge >= 0.3 is 0 Å². The second-order valence-electron chi connectivity index (χ2n) is 7.09. The van der Waals surface area contributed by atoms with Gasteiger partial charge in [0.25, 0.3) is 0 Å². The number of aryl methyl sites for hydroxylation is 1. The average molecular weight is 367 g/mol. The molecule has 0 saturated carbocycles. The van der Waals surface area contributed by atoms with Crippen molar-refractivity contribution in [2.75, 3.05) is 20.3 Å². The number of ether oxygens (including phenoxy) is 1. The Bertz CT molecular complexity index is 959. The second kappa shape index (κ2) is 7.54. The van der Waals surface area contributed by atoms with Crippen LogP contribution in [0, 0.1) is 0 Å². The van der Waals surface area contributed by atoms with Crippen molar-refractivity contribution in [3.63, 3.8) is 0 Å². The summed E-state index contributed by atoms with van der Waals surface area (Å²) in [7, 11) is 3.59. The molecule has 0 aliphatic carbocycles. The summed E-state index contributed by atoms with van der Waals surface area (Å²) in [6.45, 7) is 4.15. The van der Waals surface area contributed by atoms with Gasteiger partial charge in [0.2, 0.25) is 5.91 Å². The van der Waals surface area contributed by atoms with Crippen molar-refractivity contribution >= 4 is 16.8 Å². The number of hydrogen-bond acceptors (Lipinski definition) is 4. The number of amides is 1.